The molecule has 0 heterocycles. The Hall–Kier alpha value is -2.63. The van der Waals surface area contributed by atoms with Crippen LogP contribution in [0.2, 0.25) is 0 Å². The van der Waals surface area contributed by atoms with Gasteiger partial charge in [-0.1, -0.05) is 204 Å². The highest BCUT2D eigenvalue weighted by Crippen LogP contribution is 2.14. The van der Waals surface area contributed by atoms with Gasteiger partial charge in [0.1, 0.15) is 13.2 Å². The molecule has 0 N–H and O–H groups in total. The maximum atomic E-state index is 12.8. The Kier molecular flexibility index (Phi) is 49.8. The number of hydrogen-bond donors (Lipinski definition) is 0. The highest BCUT2D eigenvalue weighted by Gasteiger charge is 2.19. The predicted octanol–water partition coefficient (Wildman–Crippen LogP) is 17.9. The molecule has 1 unspecified atom stereocenters. The molecular formula is C57H102O6. The Bertz CT molecular complexity index is 1110. The molecule has 0 amide bonds. The topological polar surface area (TPSA) is 78.9 Å². The Morgan fingerprint density at radius 1 is 0.317 bits per heavy atom. The summed E-state index contributed by atoms with van der Waals surface area (Å²) in [4.78, 5) is 38.0. The molecule has 0 aliphatic carbocycles. The van der Waals surface area contributed by atoms with Crippen molar-refractivity contribution < 1.29 is 28.6 Å². The summed E-state index contributed by atoms with van der Waals surface area (Å²) in [7, 11) is 0. The van der Waals surface area contributed by atoms with Gasteiger partial charge in [-0.2, -0.15) is 0 Å². The largest absolute Gasteiger partial charge is 0.462 e. The van der Waals surface area contributed by atoms with Crippen molar-refractivity contribution in [2.24, 2.45) is 0 Å². The molecule has 0 saturated carbocycles. The van der Waals surface area contributed by atoms with Crippen molar-refractivity contribution in [2.45, 2.75) is 284 Å². The van der Waals surface area contributed by atoms with E-state index in [1.807, 2.05) is 0 Å². The third kappa shape index (κ3) is 50.2. The van der Waals surface area contributed by atoms with Gasteiger partial charge in [-0.25, -0.2) is 0 Å². The van der Waals surface area contributed by atoms with E-state index in [1.165, 1.54) is 148 Å². The van der Waals surface area contributed by atoms with Gasteiger partial charge in [0.2, 0.25) is 0 Å². The number of allylic oxidation sites excluding steroid dienone is 8. The molecule has 0 aromatic carbocycles. The molecule has 366 valence electrons. The summed E-state index contributed by atoms with van der Waals surface area (Å²) in [5, 5.41) is 0. The van der Waals surface area contributed by atoms with Crippen molar-refractivity contribution >= 4 is 17.9 Å². The fourth-order valence-electron chi connectivity index (χ4n) is 7.64. The fraction of sp³-hybridized carbons (Fsp3) is 0.807. The molecule has 0 spiro atoms. The van der Waals surface area contributed by atoms with Gasteiger partial charge in [0.15, 0.2) is 6.10 Å². The second-order valence-corrected chi connectivity index (χ2v) is 18.1. The van der Waals surface area contributed by atoms with Crippen LogP contribution < -0.4 is 0 Å². The molecule has 1 atom stereocenters. The maximum Gasteiger partial charge on any atom is 0.306 e. The van der Waals surface area contributed by atoms with Crippen LogP contribution in [0.25, 0.3) is 0 Å². The molecule has 0 aliphatic rings. The first-order valence-electron chi connectivity index (χ1n) is 27.1. The van der Waals surface area contributed by atoms with Gasteiger partial charge in [0.05, 0.1) is 0 Å². The highest BCUT2D eigenvalue weighted by molar-refractivity contribution is 5.71. The van der Waals surface area contributed by atoms with Crippen LogP contribution in [0.1, 0.15) is 278 Å². The van der Waals surface area contributed by atoms with Crippen molar-refractivity contribution in [3.63, 3.8) is 0 Å². The summed E-state index contributed by atoms with van der Waals surface area (Å²) in [6, 6.07) is 0. The molecule has 0 radical (unpaired) electrons. The second-order valence-electron chi connectivity index (χ2n) is 18.1. The number of carbonyl (C=O) groups is 3. The molecule has 0 aliphatic heterocycles. The molecule has 0 bridgehead atoms. The minimum absolute atomic E-state index is 0.0822. The molecule has 63 heavy (non-hydrogen) atoms. The van der Waals surface area contributed by atoms with Gasteiger partial charge in [-0.3, -0.25) is 14.4 Å². The van der Waals surface area contributed by atoms with Crippen molar-refractivity contribution in [3.8, 4) is 0 Å². The van der Waals surface area contributed by atoms with Gasteiger partial charge in [-0.15, -0.1) is 0 Å². The SMILES string of the molecule is CCCCCC=CCC=CCCCCCCCC(=O)OCC(COC(=O)CCCCCCCCCC=CCCCCCC)OC(=O)CCCCCCCC=CCCCCCCCC. The predicted molar refractivity (Wildman–Crippen MR) is 270 cm³/mol. The number of unbranched alkanes of at least 4 members (excludes halogenated alkanes) is 30. The number of carbonyl (C=O) groups excluding carboxylic acids is 3. The minimum Gasteiger partial charge on any atom is -0.462 e. The molecule has 0 fully saturated rings. The van der Waals surface area contributed by atoms with Gasteiger partial charge < -0.3 is 14.2 Å². The lowest BCUT2D eigenvalue weighted by Crippen LogP contribution is -2.30. The Balaban J connectivity index is 4.41. The van der Waals surface area contributed by atoms with Gasteiger partial charge in [0.25, 0.3) is 0 Å². The number of rotatable bonds is 49. The summed E-state index contributed by atoms with van der Waals surface area (Å²) in [6.45, 7) is 6.59. The van der Waals surface area contributed by atoms with E-state index >= 15 is 0 Å². The number of ether oxygens (including phenoxy) is 3. The first-order valence-corrected chi connectivity index (χ1v) is 27.1. The van der Waals surface area contributed by atoms with E-state index in [1.54, 1.807) is 0 Å². The third-order valence-corrected chi connectivity index (χ3v) is 11.8. The second kappa shape index (κ2) is 52.0. The Labute approximate surface area is 390 Å². The Morgan fingerprint density at radius 3 is 0.937 bits per heavy atom. The summed E-state index contributed by atoms with van der Waals surface area (Å²) in [5.41, 5.74) is 0. The van der Waals surface area contributed by atoms with Crippen LogP contribution in [-0.2, 0) is 28.6 Å². The lowest BCUT2D eigenvalue weighted by Gasteiger charge is -2.18. The Morgan fingerprint density at radius 2 is 0.571 bits per heavy atom. The first kappa shape index (κ1) is 60.4. The van der Waals surface area contributed by atoms with Crippen LogP contribution in [0.4, 0.5) is 0 Å². The van der Waals surface area contributed by atoms with E-state index in [0.29, 0.717) is 19.3 Å². The van der Waals surface area contributed by atoms with Crippen molar-refractivity contribution in [1.29, 1.82) is 0 Å². The normalized spacial score (nSPS) is 12.4. The van der Waals surface area contributed by atoms with E-state index < -0.39 is 6.10 Å². The summed E-state index contributed by atoms with van der Waals surface area (Å²) < 4.78 is 16.8. The average Bonchev–Trinajstić information content (AvgIpc) is 3.28. The summed E-state index contributed by atoms with van der Waals surface area (Å²) in [6.07, 6.45) is 62.3. The lowest BCUT2D eigenvalue weighted by molar-refractivity contribution is -0.167. The standard InChI is InChI=1S/C57H102O6/c1-4-7-10-13-16-19-22-25-28-31-34-37-40-43-46-49-55(58)61-52-54(63-57(60)51-48-45-42-39-36-33-30-27-24-21-18-15-12-9-6-3)53-62-56(59)50-47-44-41-38-35-32-29-26-23-20-17-14-11-8-5-2/h16,19-20,23,25,27-28,30,54H,4-15,17-18,21-22,24,26,29,31-53H2,1-3H3. The monoisotopic (exact) mass is 883 g/mol. The molecule has 6 nitrogen and oxygen atoms in total. The first-order chi connectivity index (χ1) is 31.0. The van der Waals surface area contributed by atoms with Crippen LogP contribution in [0, 0.1) is 0 Å². The van der Waals surface area contributed by atoms with Crippen LogP contribution in [0.3, 0.4) is 0 Å². The van der Waals surface area contributed by atoms with E-state index in [0.717, 1.165) is 89.9 Å². The molecular weight excluding hydrogens is 781 g/mol. The lowest BCUT2D eigenvalue weighted by atomic mass is 10.1. The maximum absolute atomic E-state index is 12.8. The average molecular weight is 883 g/mol. The molecule has 0 saturated heterocycles. The number of hydrogen-bond acceptors (Lipinski definition) is 6. The summed E-state index contributed by atoms with van der Waals surface area (Å²) >= 11 is 0. The smallest absolute Gasteiger partial charge is 0.306 e. The van der Waals surface area contributed by atoms with Crippen LogP contribution in [-0.4, -0.2) is 37.2 Å². The van der Waals surface area contributed by atoms with Crippen LogP contribution >= 0.6 is 0 Å². The van der Waals surface area contributed by atoms with Gasteiger partial charge in [-0.05, 0) is 103 Å². The van der Waals surface area contributed by atoms with Crippen molar-refractivity contribution in [2.75, 3.05) is 13.2 Å². The van der Waals surface area contributed by atoms with Gasteiger partial charge in [0, 0.05) is 19.3 Å². The summed E-state index contributed by atoms with van der Waals surface area (Å²) in [5.74, 6) is -0.900. The molecule has 0 rings (SSSR count). The zero-order chi connectivity index (χ0) is 45.8. The van der Waals surface area contributed by atoms with Crippen molar-refractivity contribution in [3.05, 3.63) is 48.6 Å². The zero-order valence-electron chi connectivity index (χ0n) is 41.8. The molecule has 0 aromatic heterocycles. The molecule has 0 aromatic rings. The highest BCUT2D eigenvalue weighted by atomic mass is 16.6. The fourth-order valence-corrected chi connectivity index (χ4v) is 7.64. The van der Waals surface area contributed by atoms with Gasteiger partial charge >= 0.3 is 17.9 Å². The van der Waals surface area contributed by atoms with E-state index in [4.69, 9.17) is 14.2 Å². The van der Waals surface area contributed by atoms with Crippen LogP contribution in [0.15, 0.2) is 48.6 Å². The molecule has 6 heteroatoms. The van der Waals surface area contributed by atoms with Crippen molar-refractivity contribution in [1.82, 2.24) is 0 Å². The van der Waals surface area contributed by atoms with E-state index in [2.05, 4.69) is 69.4 Å². The minimum atomic E-state index is -0.783. The van der Waals surface area contributed by atoms with E-state index in [9.17, 15) is 14.4 Å². The van der Waals surface area contributed by atoms with E-state index in [-0.39, 0.29) is 31.1 Å². The van der Waals surface area contributed by atoms with Crippen LogP contribution in [0.5, 0.6) is 0 Å². The zero-order valence-corrected chi connectivity index (χ0v) is 41.8. The number of esters is 3. The third-order valence-electron chi connectivity index (χ3n) is 11.8. The quantitative estimate of drug-likeness (QED) is 0.0262.